The van der Waals surface area contributed by atoms with Gasteiger partial charge in [-0.15, -0.1) is 6.58 Å². The van der Waals surface area contributed by atoms with E-state index in [9.17, 15) is 48.4 Å². The zero-order valence-electron chi connectivity index (χ0n) is 31.9. The summed E-state index contributed by atoms with van der Waals surface area (Å²) in [5, 5.41) is 25.8. The highest BCUT2D eigenvalue weighted by Crippen LogP contribution is 2.48. The van der Waals surface area contributed by atoms with Crippen LogP contribution in [0.5, 0.6) is 0 Å². The SMILES string of the molecule is C=CCCC(=O)N[C@@H](Cc1cccc(Cl)c1)C(=O)O[C@H]1[C@@H](O)[C@H](n2cnc3c(N)ncnc32)O[C@@H]1COP(=O)(O)O[C@@H]([C@@H](O)n1ccc(N)nc1=O)[C@@H](COP(=O)(O)O)OC. The number of nitrogen functional groups attached to an aromatic ring is 2. The van der Waals surface area contributed by atoms with Crippen molar-refractivity contribution in [2.75, 3.05) is 31.8 Å². The first-order chi connectivity index (χ1) is 28.8. The molecular formula is C33H42ClN9O16P2. The van der Waals surface area contributed by atoms with Crippen molar-refractivity contribution in [3.05, 3.63) is 82.9 Å². The van der Waals surface area contributed by atoms with Crippen LogP contribution in [0.25, 0.3) is 11.2 Å². The van der Waals surface area contributed by atoms with Gasteiger partial charge in [0.25, 0.3) is 0 Å². The average molecular weight is 918 g/mol. The molecule has 25 nitrogen and oxygen atoms in total. The molecule has 0 aliphatic carbocycles. The summed E-state index contributed by atoms with van der Waals surface area (Å²) in [5.74, 6) is -1.90. The largest absolute Gasteiger partial charge is 0.472 e. The second-order valence-electron chi connectivity index (χ2n) is 13.2. The van der Waals surface area contributed by atoms with Gasteiger partial charge in [-0.1, -0.05) is 29.8 Å². The summed E-state index contributed by atoms with van der Waals surface area (Å²) in [5.41, 5.74) is 11.0. The monoisotopic (exact) mass is 917 g/mol. The number of aliphatic hydroxyl groups is 2. The quantitative estimate of drug-likeness (QED) is 0.0307. The van der Waals surface area contributed by atoms with Crippen molar-refractivity contribution in [2.45, 2.75) is 68.3 Å². The van der Waals surface area contributed by atoms with E-state index in [1.54, 1.807) is 24.3 Å². The number of nitrogens with two attached hydrogens (primary N) is 2. The standard InChI is InChI=1S/C33H42ClN9O16P2/c1-3-4-8-23(44)40-19(12-17-6-5-7-18(34)11-17)32(47)58-26-21(57-31(25(26)45)43-16-39-24-28(36)37-15-38-29(24)43)14-56-61(52,53)59-27(20(54-2)13-55-60(49,50)51)30(46)42-10-9-22(35)41-33(42)48/h3,5-7,9-11,15-16,19-21,25-27,30-31,45-46H,1,4,8,12-14H2,2H3,(H,40,44)(H,52,53)(H2,35,41,48)(H2,36,37,38)(H2,49,50,51)/t19-,20+,21+,25+,26+,27+,30+,31+/m0/s1. The van der Waals surface area contributed by atoms with Gasteiger partial charge >= 0.3 is 27.3 Å². The molecule has 10 N–H and O–H groups in total. The number of aliphatic hydroxyl groups excluding tert-OH is 2. The lowest BCUT2D eigenvalue weighted by molar-refractivity contribution is -0.160. The fourth-order valence-corrected chi connectivity index (χ4v) is 7.52. The minimum atomic E-state index is -5.52. The highest BCUT2D eigenvalue weighted by atomic mass is 35.5. The minimum Gasteiger partial charge on any atom is -0.455 e. The molecule has 28 heteroatoms. The van der Waals surface area contributed by atoms with E-state index in [1.165, 1.54) is 17.0 Å². The molecule has 4 aromatic rings. The molecule has 3 aromatic heterocycles. The number of nitrogens with zero attached hydrogens (tertiary/aromatic N) is 6. The van der Waals surface area contributed by atoms with Crippen LogP contribution in [0.2, 0.25) is 5.02 Å². The average Bonchev–Trinajstić information content (AvgIpc) is 3.76. The van der Waals surface area contributed by atoms with E-state index in [1.807, 2.05) is 0 Å². The molecule has 0 spiro atoms. The predicted octanol–water partition coefficient (Wildman–Crippen LogP) is -0.118. The number of methoxy groups -OCH3 is 1. The van der Waals surface area contributed by atoms with Crippen LogP contribution in [0.3, 0.4) is 0 Å². The number of benzene rings is 1. The van der Waals surface area contributed by atoms with Crippen LogP contribution in [-0.4, -0.2) is 123 Å². The molecule has 0 bridgehead atoms. The van der Waals surface area contributed by atoms with Crippen molar-refractivity contribution in [3.63, 3.8) is 0 Å². The van der Waals surface area contributed by atoms with Gasteiger partial charge in [0.2, 0.25) is 5.91 Å². The topological polar surface area (TPSA) is 367 Å². The molecule has 1 saturated heterocycles. The number of carbonyl (C=O) groups is 2. The Labute approximate surface area is 350 Å². The van der Waals surface area contributed by atoms with Crippen molar-refractivity contribution in [2.24, 2.45) is 0 Å². The Morgan fingerprint density at radius 1 is 1.15 bits per heavy atom. The molecule has 1 aliphatic rings. The number of imidazole rings is 1. The molecule has 1 aliphatic heterocycles. The normalized spacial score (nSPS) is 21.0. The lowest BCUT2D eigenvalue weighted by Gasteiger charge is -2.31. The zero-order chi connectivity index (χ0) is 44.6. The number of rotatable bonds is 21. The van der Waals surface area contributed by atoms with E-state index in [0.29, 0.717) is 15.2 Å². The van der Waals surface area contributed by atoms with E-state index in [2.05, 4.69) is 36.4 Å². The van der Waals surface area contributed by atoms with Gasteiger partial charge in [0, 0.05) is 31.2 Å². The number of hydrogen-bond acceptors (Lipinski definition) is 19. The van der Waals surface area contributed by atoms with Crippen LogP contribution in [0.1, 0.15) is 30.9 Å². The fraction of sp³-hybridized carbons (Fsp3) is 0.424. The van der Waals surface area contributed by atoms with Crippen LogP contribution in [-0.2, 0) is 52.9 Å². The van der Waals surface area contributed by atoms with E-state index >= 15 is 0 Å². The first-order valence-electron chi connectivity index (χ1n) is 17.8. The predicted molar refractivity (Wildman–Crippen MR) is 210 cm³/mol. The Morgan fingerprint density at radius 2 is 1.90 bits per heavy atom. The van der Waals surface area contributed by atoms with Gasteiger partial charge in [-0.05, 0) is 30.2 Å². The van der Waals surface area contributed by atoms with Crippen molar-refractivity contribution >= 4 is 61.9 Å². The summed E-state index contributed by atoms with van der Waals surface area (Å²) in [6.07, 6.45) is -7.99. The van der Waals surface area contributed by atoms with Crippen LogP contribution < -0.4 is 22.5 Å². The number of phosphoric acid groups is 2. The molecule has 1 fully saturated rings. The molecule has 1 unspecified atom stereocenters. The molecule has 4 heterocycles. The number of amides is 1. The first kappa shape index (κ1) is 47.3. The lowest BCUT2D eigenvalue weighted by atomic mass is 10.0. The van der Waals surface area contributed by atoms with E-state index in [4.69, 9.17) is 46.3 Å². The third kappa shape index (κ3) is 12.4. The Morgan fingerprint density at radius 3 is 2.57 bits per heavy atom. The van der Waals surface area contributed by atoms with Gasteiger partial charge in [-0.25, -0.2) is 33.7 Å². The molecule has 5 rings (SSSR count). The number of fused-ring (bicyclic) bond motifs is 1. The second-order valence-corrected chi connectivity index (χ2v) is 16.3. The molecule has 1 aromatic carbocycles. The highest BCUT2D eigenvalue weighted by Gasteiger charge is 2.50. The van der Waals surface area contributed by atoms with E-state index in [0.717, 1.165) is 25.7 Å². The number of halogens is 1. The molecule has 0 radical (unpaired) electrons. The second kappa shape index (κ2) is 20.4. The van der Waals surface area contributed by atoms with Gasteiger partial charge < -0.3 is 55.9 Å². The summed E-state index contributed by atoms with van der Waals surface area (Å²) in [4.78, 5) is 84.6. The maximum absolute atomic E-state index is 14.0. The Balaban J connectivity index is 1.45. The maximum Gasteiger partial charge on any atom is 0.472 e. The summed E-state index contributed by atoms with van der Waals surface area (Å²) in [6.45, 7) is 1.51. The number of phosphoric ester groups is 2. The number of carbonyl (C=O) groups excluding carboxylic acids is 2. The fourth-order valence-electron chi connectivity index (χ4n) is 6.01. The van der Waals surface area contributed by atoms with Crippen molar-refractivity contribution in [3.8, 4) is 0 Å². The number of hydrogen-bond donors (Lipinski definition) is 8. The molecule has 61 heavy (non-hydrogen) atoms. The smallest absolute Gasteiger partial charge is 0.455 e. The lowest BCUT2D eigenvalue weighted by Crippen LogP contribution is -2.47. The molecule has 9 atom stereocenters. The number of aromatic nitrogens is 6. The Kier molecular flexibility index (Phi) is 15.9. The van der Waals surface area contributed by atoms with Crippen LogP contribution in [0.4, 0.5) is 11.6 Å². The number of allylic oxidation sites excluding steroid dienone is 1. The summed E-state index contributed by atoms with van der Waals surface area (Å²) in [7, 11) is -9.75. The zero-order valence-corrected chi connectivity index (χ0v) is 34.4. The third-order valence-electron chi connectivity index (χ3n) is 8.91. The van der Waals surface area contributed by atoms with Crippen LogP contribution >= 0.6 is 27.2 Å². The Bertz CT molecular complexity index is 2350. The van der Waals surface area contributed by atoms with Crippen LogP contribution in [0.15, 0.2) is 66.6 Å². The van der Waals surface area contributed by atoms with Gasteiger partial charge in [0.1, 0.15) is 48.1 Å². The van der Waals surface area contributed by atoms with Gasteiger partial charge in [0.15, 0.2) is 30.0 Å². The number of nitrogens with one attached hydrogen (secondary N) is 1. The number of anilines is 2. The van der Waals surface area contributed by atoms with Gasteiger partial charge in [-0.2, -0.15) is 4.98 Å². The van der Waals surface area contributed by atoms with Crippen molar-refractivity contribution in [1.29, 1.82) is 0 Å². The number of ether oxygens (including phenoxy) is 3. The van der Waals surface area contributed by atoms with E-state index < -0.39 is 95.4 Å². The highest BCUT2D eigenvalue weighted by molar-refractivity contribution is 7.47. The number of esters is 1. The van der Waals surface area contributed by atoms with Crippen molar-refractivity contribution < 1.29 is 71.4 Å². The molecular weight excluding hydrogens is 876 g/mol. The minimum absolute atomic E-state index is 0.0252. The molecule has 1 amide bonds. The molecule has 332 valence electrons. The first-order valence-corrected chi connectivity index (χ1v) is 21.2. The third-order valence-corrected chi connectivity index (χ3v) is 10.6. The summed E-state index contributed by atoms with van der Waals surface area (Å²) < 4.78 is 58.8. The van der Waals surface area contributed by atoms with Crippen LogP contribution in [0, 0.1) is 0 Å². The van der Waals surface area contributed by atoms with Gasteiger partial charge in [-0.3, -0.25) is 27.5 Å². The van der Waals surface area contributed by atoms with E-state index in [-0.39, 0.29) is 42.1 Å². The summed E-state index contributed by atoms with van der Waals surface area (Å²) >= 11 is 6.16. The molecule has 0 saturated carbocycles. The Hall–Kier alpha value is -4.72. The van der Waals surface area contributed by atoms with Crippen molar-refractivity contribution in [1.82, 2.24) is 34.4 Å². The van der Waals surface area contributed by atoms with Gasteiger partial charge in [0.05, 0.1) is 19.5 Å². The summed E-state index contributed by atoms with van der Waals surface area (Å²) in [6, 6.07) is 6.15. The maximum atomic E-state index is 14.0.